The fourth-order valence-electron chi connectivity index (χ4n) is 2.71. The molecule has 1 N–H and O–H groups in total. The zero-order valence-corrected chi connectivity index (χ0v) is 16.2. The first kappa shape index (κ1) is 20.5. The molecule has 144 valence electrons. The Bertz CT molecular complexity index is 785. The number of esters is 1. The molecule has 0 aliphatic carbocycles. The van der Waals surface area contributed by atoms with Gasteiger partial charge in [0.1, 0.15) is 5.75 Å². The molecule has 27 heavy (non-hydrogen) atoms. The molecule has 0 atom stereocenters. The van der Waals surface area contributed by atoms with Gasteiger partial charge in [-0.3, -0.25) is 4.79 Å². The van der Waals surface area contributed by atoms with Crippen molar-refractivity contribution in [3.05, 3.63) is 59.2 Å². The van der Waals surface area contributed by atoms with Gasteiger partial charge in [0.2, 0.25) is 5.91 Å². The zero-order chi connectivity index (χ0) is 19.8. The number of hydrogen-bond donors (Lipinski definition) is 1. The number of nitrogens with zero attached hydrogens (tertiary/aromatic N) is 1. The minimum absolute atomic E-state index is 0.0904. The smallest absolute Gasteiger partial charge is 0.337 e. The van der Waals surface area contributed by atoms with Crippen molar-refractivity contribution >= 4 is 17.6 Å². The summed E-state index contributed by atoms with van der Waals surface area (Å²) in [5, 5.41) is 2.93. The van der Waals surface area contributed by atoms with Gasteiger partial charge in [0.05, 0.1) is 25.5 Å². The normalized spacial score (nSPS) is 10.6. The van der Waals surface area contributed by atoms with Crippen molar-refractivity contribution in [2.75, 3.05) is 33.6 Å². The molecular formula is C21H26N2O4. The fraction of sp³-hybridized carbons (Fsp3) is 0.333. The number of amides is 1. The Morgan fingerprint density at radius 3 is 2.26 bits per heavy atom. The van der Waals surface area contributed by atoms with Gasteiger partial charge in [0, 0.05) is 13.0 Å². The predicted octanol–water partition coefficient (Wildman–Crippen LogP) is 3.11. The first-order valence-corrected chi connectivity index (χ1v) is 8.71. The number of nitrogens with one attached hydrogen (secondary N) is 1. The van der Waals surface area contributed by atoms with E-state index >= 15 is 0 Å². The van der Waals surface area contributed by atoms with E-state index in [-0.39, 0.29) is 11.9 Å². The number of aryl methyl sites for hydroxylation is 1. The first-order valence-electron chi connectivity index (χ1n) is 8.71. The molecular weight excluding hydrogens is 344 g/mol. The molecule has 0 aliphatic heterocycles. The minimum atomic E-state index is -0.371. The Morgan fingerprint density at radius 1 is 1.00 bits per heavy atom. The highest BCUT2D eigenvalue weighted by Gasteiger charge is 2.10. The van der Waals surface area contributed by atoms with Gasteiger partial charge in [-0.05, 0) is 55.9 Å². The van der Waals surface area contributed by atoms with Crippen LogP contribution in [-0.4, -0.2) is 45.1 Å². The van der Waals surface area contributed by atoms with Crippen LogP contribution in [0.5, 0.6) is 5.75 Å². The van der Waals surface area contributed by atoms with Crippen molar-refractivity contribution in [1.82, 2.24) is 4.90 Å². The molecule has 0 fully saturated rings. The average molecular weight is 370 g/mol. The average Bonchev–Trinajstić information content (AvgIpc) is 2.66. The molecule has 6 heteroatoms. The lowest BCUT2D eigenvalue weighted by Gasteiger charge is -2.14. The lowest BCUT2D eigenvalue weighted by molar-refractivity contribution is -0.116. The number of ether oxygens (including phenoxy) is 2. The third-order valence-corrected chi connectivity index (χ3v) is 4.05. The van der Waals surface area contributed by atoms with Gasteiger partial charge in [-0.25, -0.2) is 4.79 Å². The van der Waals surface area contributed by atoms with Crippen LogP contribution >= 0.6 is 0 Å². The van der Waals surface area contributed by atoms with E-state index in [9.17, 15) is 9.59 Å². The molecule has 0 radical (unpaired) electrons. The number of rotatable bonds is 8. The summed E-state index contributed by atoms with van der Waals surface area (Å²) in [6, 6.07) is 12.8. The zero-order valence-electron chi connectivity index (χ0n) is 16.2. The molecule has 0 heterocycles. The highest BCUT2D eigenvalue weighted by Crippen LogP contribution is 2.26. The van der Waals surface area contributed by atoms with Gasteiger partial charge in [-0.1, -0.05) is 18.2 Å². The van der Waals surface area contributed by atoms with Gasteiger partial charge in [-0.2, -0.15) is 0 Å². The van der Waals surface area contributed by atoms with E-state index < -0.39 is 0 Å². The number of carbonyl (C=O) groups excluding carboxylic acids is 2. The number of benzene rings is 2. The molecule has 2 rings (SSSR count). The molecule has 2 aromatic carbocycles. The monoisotopic (exact) mass is 370 g/mol. The molecule has 0 saturated heterocycles. The second kappa shape index (κ2) is 9.73. The second-order valence-electron chi connectivity index (χ2n) is 6.51. The van der Waals surface area contributed by atoms with Crippen molar-refractivity contribution in [2.45, 2.75) is 19.4 Å². The van der Waals surface area contributed by atoms with Crippen molar-refractivity contribution in [2.24, 2.45) is 0 Å². The molecule has 0 aliphatic rings. The van der Waals surface area contributed by atoms with Crippen LogP contribution in [0.15, 0.2) is 42.5 Å². The third kappa shape index (κ3) is 6.11. The number of methoxy groups -OCH3 is 2. The van der Waals surface area contributed by atoms with Crippen LogP contribution in [0.2, 0.25) is 0 Å². The topological polar surface area (TPSA) is 67.9 Å². The summed E-state index contributed by atoms with van der Waals surface area (Å²) in [5.41, 5.74) is 3.23. The minimum Gasteiger partial charge on any atom is -0.495 e. The van der Waals surface area contributed by atoms with Crippen molar-refractivity contribution in [1.29, 1.82) is 0 Å². The van der Waals surface area contributed by atoms with Crippen LogP contribution in [0.3, 0.4) is 0 Å². The predicted molar refractivity (Wildman–Crippen MR) is 105 cm³/mol. The molecule has 0 saturated carbocycles. The molecule has 0 bridgehead atoms. The summed E-state index contributed by atoms with van der Waals surface area (Å²) in [4.78, 5) is 25.9. The van der Waals surface area contributed by atoms with Gasteiger partial charge in [-0.15, -0.1) is 0 Å². The summed E-state index contributed by atoms with van der Waals surface area (Å²) in [5.74, 6) is 0.171. The van der Waals surface area contributed by atoms with E-state index in [4.69, 9.17) is 4.74 Å². The Kier molecular flexibility index (Phi) is 7.37. The van der Waals surface area contributed by atoms with E-state index in [1.165, 1.54) is 7.11 Å². The summed E-state index contributed by atoms with van der Waals surface area (Å²) < 4.78 is 10.0. The highest BCUT2D eigenvalue weighted by molar-refractivity contribution is 5.92. The molecule has 0 unspecified atom stereocenters. The number of hydrogen-bond acceptors (Lipinski definition) is 5. The largest absolute Gasteiger partial charge is 0.495 e. The fourth-order valence-corrected chi connectivity index (χ4v) is 2.71. The maximum atomic E-state index is 12.4. The molecule has 2 aromatic rings. The lowest BCUT2D eigenvalue weighted by Crippen LogP contribution is -2.14. The van der Waals surface area contributed by atoms with E-state index in [1.807, 2.05) is 44.4 Å². The van der Waals surface area contributed by atoms with Gasteiger partial charge in [0.25, 0.3) is 0 Å². The molecule has 0 spiro atoms. The quantitative estimate of drug-likeness (QED) is 0.723. The van der Waals surface area contributed by atoms with E-state index in [1.54, 1.807) is 19.2 Å². The number of anilines is 1. The molecule has 6 nitrogen and oxygen atoms in total. The Balaban J connectivity index is 1.97. The van der Waals surface area contributed by atoms with Crippen molar-refractivity contribution in [3.63, 3.8) is 0 Å². The van der Waals surface area contributed by atoms with Gasteiger partial charge in [0.15, 0.2) is 0 Å². The maximum Gasteiger partial charge on any atom is 0.337 e. The van der Waals surface area contributed by atoms with Gasteiger partial charge < -0.3 is 19.7 Å². The van der Waals surface area contributed by atoms with Crippen LogP contribution < -0.4 is 10.1 Å². The van der Waals surface area contributed by atoms with E-state index in [0.29, 0.717) is 29.8 Å². The second-order valence-corrected chi connectivity index (χ2v) is 6.51. The number of carbonyl (C=O) groups is 2. The third-order valence-electron chi connectivity index (χ3n) is 4.05. The van der Waals surface area contributed by atoms with Gasteiger partial charge >= 0.3 is 5.97 Å². The van der Waals surface area contributed by atoms with E-state index in [2.05, 4.69) is 15.0 Å². The summed E-state index contributed by atoms with van der Waals surface area (Å²) in [6.07, 6.45) is 0.908. The standard InChI is InChI=1S/C21H26N2O4/c1-23(2)14-16-7-11-19(26-3)18(13-16)22-20(24)12-8-15-5-9-17(10-6-15)21(25)27-4/h5-7,9-11,13H,8,12,14H2,1-4H3,(H,22,24). The Morgan fingerprint density at radius 2 is 1.67 bits per heavy atom. The van der Waals surface area contributed by atoms with E-state index in [0.717, 1.165) is 17.7 Å². The van der Waals surface area contributed by atoms with Crippen LogP contribution in [-0.2, 0) is 22.5 Å². The Hall–Kier alpha value is -2.86. The SMILES string of the molecule is COC(=O)c1ccc(CCC(=O)Nc2cc(CN(C)C)ccc2OC)cc1. The maximum absolute atomic E-state index is 12.4. The summed E-state index contributed by atoms with van der Waals surface area (Å²) >= 11 is 0. The molecule has 1 amide bonds. The van der Waals surface area contributed by atoms with Crippen molar-refractivity contribution < 1.29 is 19.1 Å². The van der Waals surface area contributed by atoms with Crippen molar-refractivity contribution in [3.8, 4) is 5.75 Å². The van der Waals surface area contributed by atoms with Crippen LogP contribution in [0, 0.1) is 0 Å². The van der Waals surface area contributed by atoms with Crippen LogP contribution in [0.4, 0.5) is 5.69 Å². The Labute approximate surface area is 160 Å². The molecule has 0 aromatic heterocycles. The van der Waals surface area contributed by atoms with Crippen LogP contribution in [0.1, 0.15) is 27.9 Å². The summed E-state index contributed by atoms with van der Waals surface area (Å²) in [6.45, 7) is 0.777. The van der Waals surface area contributed by atoms with Crippen LogP contribution in [0.25, 0.3) is 0 Å². The summed E-state index contributed by atoms with van der Waals surface area (Å²) in [7, 11) is 6.92. The lowest BCUT2D eigenvalue weighted by atomic mass is 10.1. The highest BCUT2D eigenvalue weighted by atomic mass is 16.5. The first-order chi connectivity index (χ1) is 12.9.